The fraction of sp³-hybridized carbons (Fsp3) is 0.571. The van der Waals surface area contributed by atoms with Gasteiger partial charge in [-0.3, -0.25) is 0 Å². The summed E-state index contributed by atoms with van der Waals surface area (Å²) in [5.74, 6) is -1.34. The fourth-order valence-electron chi connectivity index (χ4n) is 2.14. The molecule has 1 aromatic rings. The molecule has 0 aromatic heterocycles. The highest BCUT2D eigenvalue weighted by molar-refractivity contribution is 5.22. The molecule has 18 heavy (non-hydrogen) atoms. The summed E-state index contributed by atoms with van der Waals surface area (Å²) >= 11 is 0. The molecule has 0 aliphatic carbocycles. The van der Waals surface area contributed by atoms with Crippen LogP contribution in [0.5, 0.6) is 0 Å². The number of hydrogen-bond donors (Lipinski definition) is 1. The monoisotopic (exact) mass is 255 g/mol. The van der Waals surface area contributed by atoms with Gasteiger partial charge in [-0.05, 0) is 18.9 Å². The van der Waals surface area contributed by atoms with E-state index in [9.17, 15) is 8.78 Å². The third-order valence-electron chi connectivity index (χ3n) is 3.77. The molecular formula is C14H19F2NO. The van der Waals surface area contributed by atoms with E-state index >= 15 is 0 Å². The molecule has 1 aliphatic rings. The Hall–Kier alpha value is -1.00. The summed E-state index contributed by atoms with van der Waals surface area (Å²) in [6, 6.07) is 4.21. The smallest absolute Gasteiger partial charge is 0.164 e. The van der Waals surface area contributed by atoms with E-state index in [1.165, 1.54) is 6.07 Å². The third-order valence-corrected chi connectivity index (χ3v) is 3.77. The van der Waals surface area contributed by atoms with Crippen LogP contribution in [-0.2, 0) is 4.74 Å². The maximum atomic E-state index is 13.8. The average Bonchev–Trinajstić information content (AvgIpc) is 2.32. The molecule has 0 bridgehead atoms. The van der Waals surface area contributed by atoms with Gasteiger partial charge >= 0.3 is 0 Å². The van der Waals surface area contributed by atoms with Gasteiger partial charge in [-0.15, -0.1) is 0 Å². The molecule has 2 rings (SSSR count). The molecule has 1 saturated heterocycles. The highest BCUT2D eigenvalue weighted by atomic mass is 19.2. The zero-order valence-corrected chi connectivity index (χ0v) is 11.0. The van der Waals surface area contributed by atoms with Crippen molar-refractivity contribution in [1.29, 1.82) is 0 Å². The van der Waals surface area contributed by atoms with Crippen LogP contribution in [0.2, 0.25) is 0 Å². The third kappa shape index (κ3) is 2.40. The standard InChI is InChI=1S/C14H19F2NO/c1-9(2)14(3)8-17-7-12(18-14)10-5-4-6-11(15)13(10)16/h4-6,9,12,17H,7-8H2,1-3H3. The van der Waals surface area contributed by atoms with Crippen molar-refractivity contribution in [3.05, 3.63) is 35.4 Å². The molecule has 1 aromatic carbocycles. The number of hydrogen-bond acceptors (Lipinski definition) is 2. The minimum atomic E-state index is -0.826. The molecule has 2 unspecified atom stereocenters. The van der Waals surface area contributed by atoms with Crippen LogP contribution in [0.1, 0.15) is 32.4 Å². The first-order chi connectivity index (χ1) is 8.44. The fourth-order valence-corrected chi connectivity index (χ4v) is 2.14. The minimum Gasteiger partial charge on any atom is -0.364 e. The minimum absolute atomic E-state index is 0.286. The molecule has 2 nitrogen and oxygen atoms in total. The van der Waals surface area contributed by atoms with Gasteiger partial charge in [0.2, 0.25) is 0 Å². The summed E-state index contributed by atoms with van der Waals surface area (Å²) in [6.07, 6.45) is -0.443. The molecule has 1 aliphatic heterocycles. The van der Waals surface area contributed by atoms with E-state index < -0.39 is 17.7 Å². The highest BCUT2D eigenvalue weighted by Crippen LogP contribution is 2.33. The molecule has 1 N–H and O–H groups in total. The van der Waals surface area contributed by atoms with Crippen molar-refractivity contribution in [2.45, 2.75) is 32.5 Å². The molecule has 0 amide bonds. The second kappa shape index (κ2) is 4.94. The van der Waals surface area contributed by atoms with Crippen LogP contribution in [0.3, 0.4) is 0 Å². The van der Waals surface area contributed by atoms with Crippen molar-refractivity contribution in [1.82, 2.24) is 5.32 Å². The van der Waals surface area contributed by atoms with E-state index in [1.807, 2.05) is 6.92 Å². The molecule has 2 atom stereocenters. The normalized spacial score (nSPS) is 28.7. The predicted octanol–water partition coefficient (Wildman–Crippen LogP) is 3.04. The first kappa shape index (κ1) is 13.4. The Balaban J connectivity index is 2.26. The second-order valence-electron chi connectivity index (χ2n) is 5.35. The van der Waals surface area contributed by atoms with E-state index in [1.54, 1.807) is 6.07 Å². The second-order valence-corrected chi connectivity index (χ2v) is 5.35. The quantitative estimate of drug-likeness (QED) is 0.877. The molecule has 1 fully saturated rings. The van der Waals surface area contributed by atoms with E-state index in [2.05, 4.69) is 19.2 Å². The summed E-state index contributed by atoms with van der Waals surface area (Å²) in [5, 5.41) is 3.24. The zero-order valence-electron chi connectivity index (χ0n) is 11.0. The lowest BCUT2D eigenvalue weighted by atomic mass is 9.89. The van der Waals surface area contributed by atoms with Crippen molar-refractivity contribution < 1.29 is 13.5 Å². The van der Waals surface area contributed by atoms with Gasteiger partial charge in [0.05, 0.1) is 11.7 Å². The van der Waals surface area contributed by atoms with Crippen molar-refractivity contribution in [2.75, 3.05) is 13.1 Å². The Morgan fingerprint density at radius 3 is 2.78 bits per heavy atom. The molecule has 100 valence electrons. The Kier molecular flexibility index (Phi) is 3.69. The van der Waals surface area contributed by atoms with Gasteiger partial charge < -0.3 is 10.1 Å². The summed E-state index contributed by atoms with van der Waals surface area (Å²) < 4.78 is 33.0. The van der Waals surface area contributed by atoms with Crippen molar-refractivity contribution in [3.63, 3.8) is 0 Å². The van der Waals surface area contributed by atoms with Crippen LogP contribution in [0, 0.1) is 17.6 Å². The van der Waals surface area contributed by atoms with Gasteiger partial charge in [-0.25, -0.2) is 8.78 Å². The number of rotatable bonds is 2. The van der Waals surface area contributed by atoms with Crippen LogP contribution in [-0.4, -0.2) is 18.7 Å². The number of benzene rings is 1. The Morgan fingerprint density at radius 1 is 1.39 bits per heavy atom. The number of ether oxygens (including phenoxy) is 1. The summed E-state index contributed by atoms with van der Waals surface area (Å²) in [4.78, 5) is 0. The van der Waals surface area contributed by atoms with E-state index in [0.29, 0.717) is 12.5 Å². The van der Waals surface area contributed by atoms with Crippen LogP contribution in [0.25, 0.3) is 0 Å². The Morgan fingerprint density at radius 2 is 2.11 bits per heavy atom. The van der Waals surface area contributed by atoms with Gasteiger partial charge in [0.15, 0.2) is 11.6 Å². The highest BCUT2D eigenvalue weighted by Gasteiger charge is 2.37. The lowest BCUT2D eigenvalue weighted by Crippen LogP contribution is -2.52. The van der Waals surface area contributed by atoms with Crippen LogP contribution in [0.4, 0.5) is 8.78 Å². The molecule has 0 radical (unpaired) electrons. The number of nitrogens with one attached hydrogen (secondary N) is 1. The maximum Gasteiger partial charge on any atom is 0.164 e. The van der Waals surface area contributed by atoms with E-state index in [4.69, 9.17) is 4.74 Å². The Bertz CT molecular complexity index is 436. The van der Waals surface area contributed by atoms with Crippen molar-refractivity contribution in [2.24, 2.45) is 5.92 Å². The van der Waals surface area contributed by atoms with Crippen LogP contribution in [0.15, 0.2) is 18.2 Å². The summed E-state index contributed by atoms with van der Waals surface area (Å²) in [7, 11) is 0. The van der Waals surface area contributed by atoms with E-state index in [-0.39, 0.29) is 11.2 Å². The lowest BCUT2D eigenvalue weighted by Gasteiger charge is -2.42. The molecule has 1 heterocycles. The van der Waals surface area contributed by atoms with Crippen molar-refractivity contribution >= 4 is 0 Å². The Labute approximate surface area is 106 Å². The molecule has 0 spiro atoms. The van der Waals surface area contributed by atoms with E-state index in [0.717, 1.165) is 12.6 Å². The molecule has 4 heteroatoms. The van der Waals surface area contributed by atoms with Crippen LogP contribution >= 0.6 is 0 Å². The average molecular weight is 255 g/mol. The summed E-state index contributed by atoms with van der Waals surface area (Å²) in [5.41, 5.74) is -0.0733. The van der Waals surface area contributed by atoms with Gasteiger partial charge in [0.25, 0.3) is 0 Å². The van der Waals surface area contributed by atoms with Gasteiger partial charge in [-0.1, -0.05) is 26.0 Å². The number of morpholine rings is 1. The first-order valence-corrected chi connectivity index (χ1v) is 6.26. The predicted molar refractivity (Wildman–Crippen MR) is 66.3 cm³/mol. The topological polar surface area (TPSA) is 21.3 Å². The zero-order chi connectivity index (χ0) is 13.3. The van der Waals surface area contributed by atoms with Gasteiger partial charge in [-0.2, -0.15) is 0 Å². The number of halogens is 2. The first-order valence-electron chi connectivity index (χ1n) is 6.26. The molecule has 0 saturated carbocycles. The lowest BCUT2D eigenvalue weighted by molar-refractivity contribution is -0.133. The van der Waals surface area contributed by atoms with Crippen LogP contribution < -0.4 is 5.32 Å². The van der Waals surface area contributed by atoms with Crippen molar-refractivity contribution in [3.8, 4) is 0 Å². The van der Waals surface area contributed by atoms with Gasteiger partial charge in [0, 0.05) is 18.7 Å². The summed E-state index contributed by atoms with van der Waals surface area (Å²) in [6.45, 7) is 7.34. The maximum absolute atomic E-state index is 13.8. The largest absolute Gasteiger partial charge is 0.364 e. The SMILES string of the molecule is CC(C)C1(C)CNCC(c2cccc(F)c2F)O1. The molecular weight excluding hydrogens is 236 g/mol. The van der Waals surface area contributed by atoms with Gasteiger partial charge in [0.1, 0.15) is 0 Å².